The third-order valence-corrected chi connectivity index (χ3v) is 3.21. The summed E-state index contributed by atoms with van der Waals surface area (Å²) in [7, 11) is 1.79. The summed E-state index contributed by atoms with van der Waals surface area (Å²) in [6.45, 7) is 0. The Morgan fingerprint density at radius 3 is 2.94 bits per heavy atom. The molecule has 2 rings (SSSR count). The molecule has 2 heterocycles. The Bertz CT molecular complexity index is 572. The summed E-state index contributed by atoms with van der Waals surface area (Å²) >= 11 is 6.94. The van der Waals surface area contributed by atoms with Gasteiger partial charge in [-0.15, -0.1) is 10.2 Å². The van der Waals surface area contributed by atoms with Gasteiger partial charge in [0.15, 0.2) is 5.16 Å². The Labute approximate surface area is 106 Å². The number of pyridine rings is 1. The fraction of sp³-hybridized carbons (Fsp3) is 0.111. The van der Waals surface area contributed by atoms with Crippen LogP contribution in [0.3, 0.4) is 0 Å². The van der Waals surface area contributed by atoms with Crippen molar-refractivity contribution in [1.29, 1.82) is 0 Å². The van der Waals surface area contributed by atoms with Gasteiger partial charge in [-0.25, -0.2) is 9.78 Å². The summed E-state index contributed by atoms with van der Waals surface area (Å²) in [4.78, 5) is 14.9. The summed E-state index contributed by atoms with van der Waals surface area (Å²) in [5, 5.41) is 17.7. The molecule has 6 nitrogen and oxygen atoms in total. The molecule has 0 radical (unpaired) electrons. The van der Waals surface area contributed by atoms with E-state index in [1.54, 1.807) is 17.9 Å². The topological polar surface area (TPSA) is 80.9 Å². The summed E-state index contributed by atoms with van der Waals surface area (Å²) in [5.41, 5.74) is 0.0198. The van der Waals surface area contributed by atoms with Crippen LogP contribution in [0.5, 0.6) is 0 Å². The number of carboxylic acids is 1. The van der Waals surface area contributed by atoms with E-state index < -0.39 is 5.97 Å². The van der Waals surface area contributed by atoms with E-state index in [1.807, 2.05) is 0 Å². The lowest BCUT2D eigenvalue weighted by Gasteiger charge is -2.02. The van der Waals surface area contributed by atoms with E-state index in [-0.39, 0.29) is 10.6 Å². The molecule has 88 valence electrons. The van der Waals surface area contributed by atoms with E-state index in [2.05, 4.69) is 15.2 Å². The van der Waals surface area contributed by atoms with Crippen LogP contribution in [0.2, 0.25) is 5.02 Å². The van der Waals surface area contributed by atoms with Crippen molar-refractivity contribution in [3.8, 4) is 0 Å². The number of aryl methyl sites for hydroxylation is 1. The second-order valence-electron chi connectivity index (χ2n) is 3.13. The molecule has 0 aromatic carbocycles. The first-order valence-electron chi connectivity index (χ1n) is 4.48. The van der Waals surface area contributed by atoms with Crippen LogP contribution in [0.4, 0.5) is 0 Å². The minimum absolute atomic E-state index is 0.0198. The number of carbonyl (C=O) groups is 1. The van der Waals surface area contributed by atoms with E-state index >= 15 is 0 Å². The first kappa shape index (κ1) is 11.9. The number of rotatable bonds is 3. The minimum Gasteiger partial charge on any atom is -0.478 e. The molecule has 0 aliphatic rings. The molecule has 1 N–H and O–H groups in total. The molecule has 0 aliphatic carbocycles. The molecular weight excluding hydrogens is 264 g/mol. The van der Waals surface area contributed by atoms with Crippen LogP contribution < -0.4 is 0 Å². The van der Waals surface area contributed by atoms with Gasteiger partial charge in [-0.2, -0.15) is 0 Å². The number of carboxylic acid groups (broad SMARTS) is 1. The lowest BCUT2D eigenvalue weighted by molar-refractivity contribution is 0.0696. The van der Waals surface area contributed by atoms with Gasteiger partial charge in [-0.1, -0.05) is 11.6 Å². The molecule has 8 heteroatoms. The maximum absolute atomic E-state index is 10.9. The van der Waals surface area contributed by atoms with Crippen molar-refractivity contribution in [2.45, 2.75) is 10.2 Å². The molecule has 2 aromatic heterocycles. The van der Waals surface area contributed by atoms with Crippen LogP contribution in [0.15, 0.2) is 28.8 Å². The molecule has 0 bridgehead atoms. The largest absolute Gasteiger partial charge is 0.478 e. The Morgan fingerprint density at radius 1 is 1.59 bits per heavy atom. The zero-order valence-electron chi connectivity index (χ0n) is 8.66. The summed E-state index contributed by atoms with van der Waals surface area (Å²) in [6, 6.07) is 1.41. The average molecular weight is 271 g/mol. The molecule has 0 amide bonds. The SMILES string of the molecule is Cn1cnnc1Sc1cc(C(=O)O)c(Cl)cn1. The van der Waals surface area contributed by atoms with Crippen molar-refractivity contribution in [1.82, 2.24) is 19.7 Å². The van der Waals surface area contributed by atoms with Crippen molar-refractivity contribution in [2.24, 2.45) is 7.05 Å². The number of hydrogen-bond donors (Lipinski definition) is 1. The molecule has 0 aliphatic heterocycles. The van der Waals surface area contributed by atoms with Gasteiger partial charge in [0.25, 0.3) is 0 Å². The maximum Gasteiger partial charge on any atom is 0.337 e. The first-order valence-corrected chi connectivity index (χ1v) is 5.68. The lowest BCUT2D eigenvalue weighted by atomic mass is 10.3. The highest BCUT2D eigenvalue weighted by molar-refractivity contribution is 7.99. The molecular formula is C9H7ClN4O2S. The number of nitrogens with zero attached hydrogens (tertiary/aromatic N) is 4. The highest BCUT2D eigenvalue weighted by Gasteiger charge is 2.12. The van der Waals surface area contributed by atoms with E-state index in [0.717, 1.165) is 0 Å². The Balaban J connectivity index is 2.32. The van der Waals surface area contributed by atoms with E-state index in [9.17, 15) is 4.79 Å². The van der Waals surface area contributed by atoms with Gasteiger partial charge in [0, 0.05) is 13.2 Å². The molecule has 0 unspecified atom stereocenters. The number of hydrogen-bond acceptors (Lipinski definition) is 5. The monoisotopic (exact) mass is 270 g/mol. The van der Waals surface area contributed by atoms with Crippen molar-refractivity contribution in [3.05, 3.63) is 29.2 Å². The van der Waals surface area contributed by atoms with Crippen molar-refractivity contribution < 1.29 is 9.90 Å². The van der Waals surface area contributed by atoms with Gasteiger partial charge in [0.2, 0.25) is 0 Å². The first-order chi connectivity index (χ1) is 8.08. The van der Waals surface area contributed by atoms with Gasteiger partial charge in [0.05, 0.1) is 10.6 Å². The van der Waals surface area contributed by atoms with Crippen LogP contribution >= 0.6 is 23.4 Å². The smallest absolute Gasteiger partial charge is 0.337 e. The van der Waals surface area contributed by atoms with Gasteiger partial charge in [0.1, 0.15) is 11.4 Å². The van der Waals surface area contributed by atoms with Gasteiger partial charge in [-0.05, 0) is 17.8 Å². The highest BCUT2D eigenvalue weighted by Crippen LogP contribution is 2.26. The Kier molecular flexibility index (Phi) is 3.30. The minimum atomic E-state index is -1.09. The van der Waals surface area contributed by atoms with Crippen LogP contribution in [0.1, 0.15) is 10.4 Å². The molecule has 2 aromatic rings. The van der Waals surface area contributed by atoms with E-state index in [1.165, 1.54) is 24.0 Å². The molecule has 17 heavy (non-hydrogen) atoms. The van der Waals surface area contributed by atoms with E-state index in [4.69, 9.17) is 16.7 Å². The lowest BCUT2D eigenvalue weighted by Crippen LogP contribution is -1.99. The average Bonchev–Trinajstić information content (AvgIpc) is 2.67. The fourth-order valence-corrected chi connectivity index (χ4v) is 2.03. The summed E-state index contributed by atoms with van der Waals surface area (Å²) < 4.78 is 1.71. The highest BCUT2D eigenvalue weighted by atomic mass is 35.5. The summed E-state index contributed by atoms with van der Waals surface area (Å²) in [6.07, 6.45) is 2.86. The second kappa shape index (κ2) is 4.72. The van der Waals surface area contributed by atoms with Gasteiger partial charge in [-0.3, -0.25) is 0 Å². The molecule has 0 saturated carbocycles. The Hall–Kier alpha value is -1.60. The molecule has 0 atom stereocenters. The molecule has 0 fully saturated rings. The quantitative estimate of drug-likeness (QED) is 0.914. The van der Waals surface area contributed by atoms with Crippen LogP contribution in [-0.2, 0) is 7.05 Å². The zero-order chi connectivity index (χ0) is 12.4. The predicted molar refractivity (Wildman–Crippen MR) is 61.3 cm³/mol. The van der Waals surface area contributed by atoms with Crippen molar-refractivity contribution in [2.75, 3.05) is 0 Å². The van der Waals surface area contributed by atoms with E-state index in [0.29, 0.717) is 10.2 Å². The number of halogens is 1. The third-order valence-electron chi connectivity index (χ3n) is 1.93. The van der Waals surface area contributed by atoms with Gasteiger partial charge >= 0.3 is 5.97 Å². The molecule has 0 saturated heterocycles. The maximum atomic E-state index is 10.9. The Morgan fingerprint density at radius 2 is 2.35 bits per heavy atom. The van der Waals surface area contributed by atoms with Crippen molar-refractivity contribution in [3.63, 3.8) is 0 Å². The zero-order valence-corrected chi connectivity index (χ0v) is 10.2. The van der Waals surface area contributed by atoms with Gasteiger partial charge < -0.3 is 9.67 Å². The normalized spacial score (nSPS) is 10.5. The fourth-order valence-electron chi connectivity index (χ4n) is 1.10. The third kappa shape index (κ3) is 2.56. The van der Waals surface area contributed by atoms with Crippen LogP contribution in [0.25, 0.3) is 0 Å². The van der Waals surface area contributed by atoms with Crippen molar-refractivity contribution >= 4 is 29.3 Å². The standard InChI is InChI=1S/C9H7ClN4O2S/c1-14-4-12-13-9(14)17-7-2-5(8(15)16)6(10)3-11-7/h2-4H,1H3,(H,15,16). The predicted octanol–water partition coefficient (Wildman–Crippen LogP) is 1.71. The summed E-state index contributed by atoms with van der Waals surface area (Å²) in [5.74, 6) is -1.09. The van der Waals surface area contributed by atoms with Crippen LogP contribution in [0, 0.1) is 0 Å². The second-order valence-corrected chi connectivity index (χ2v) is 4.53. The van der Waals surface area contributed by atoms with Crippen LogP contribution in [-0.4, -0.2) is 30.8 Å². The number of aromatic carboxylic acids is 1. The molecule has 0 spiro atoms. The number of aromatic nitrogens is 4.